The molecule has 1 aliphatic carbocycles. The van der Waals surface area contributed by atoms with Gasteiger partial charge in [-0.3, -0.25) is 9.78 Å². The maximum absolute atomic E-state index is 12.6. The van der Waals surface area contributed by atoms with Gasteiger partial charge in [0.25, 0.3) is 5.91 Å². The van der Waals surface area contributed by atoms with E-state index < -0.39 is 0 Å². The van der Waals surface area contributed by atoms with Crippen molar-refractivity contribution in [3.8, 4) is 28.5 Å². The molecule has 4 rings (SSSR count). The van der Waals surface area contributed by atoms with Gasteiger partial charge in [-0.15, -0.1) is 0 Å². The Labute approximate surface area is 193 Å². The van der Waals surface area contributed by atoms with E-state index in [-0.39, 0.29) is 5.91 Å². The van der Waals surface area contributed by atoms with Crippen molar-refractivity contribution < 1.29 is 19.0 Å². The first-order chi connectivity index (χ1) is 16.1. The molecule has 7 nitrogen and oxygen atoms in total. The Kier molecular flexibility index (Phi) is 7.19. The second kappa shape index (κ2) is 10.6. The number of nitrogens with zero attached hydrogens (tertiary/aromatic N) is 2. The molecule has 0 radical (unpaired) electrons. The van der Waals surface area contributed by atoms with Crippen LogP contribution in [0.2, 0.25) is 0 Å². The van der Waals surface area contributed by atoms with Gasteiger partial charge in [-0.05, 0) is 74.2 Å². The molecule has 170 valence electrons. The van der Waals surface area contributed by atoms with Gasteiger partial charge in [0.1, 0.15) is 17.2 Å². The predicted molar refractivity (Wildman–Crippen MR) is 127 cm³/mol. The molecule has 1 N–H and O–H groups in total. The molecule has 0 unspecified atom stereocenters. The van der Waals surface area contributed by atoms with Crippen LogP contribution >= 0.6 is 0 Å². The second-order valence-electron chi connectivity index (χ2n) is 7.82. The van der Waals surface area contributed by atoms with Gasteiger partial charge in [0, 0.05) is 29.0 Å². The zero-order chi connectivity index (χ0) is 23.0. The highest BCUT2D eigenvalue weighted by Crippen LogP contribution is 2.26. The number of hydrogen-bond donors (Lipinski definition) is 1. The van der Waals surface area contributed by atoms with Crippen LogP contribution < -0.4 is 19.6 Å². The smallest absolute Gasteiger partial charge is 0.271 e. The molecule has 1 heterocycles. The molecule has 0 bridgehead atoms. The van der Waals surface area contributed by atoms with Crippen LogP contribution in [0.25, 0.3) is 11.3 Å². The summed E-state index contributed by atoms with van der Waals surface area (Å²) in [6.45, 7) is 0. The number of ether oxygens (including phenoxy) is 3. The number of hydrazone groups is 1. The first-order valence-corrected chi connectivity index (χ1v) is 10.9. The average Bonchev–Trinajstić information content (AvgIpc) is 3.37. The molecule has 7 heteroatoms. The van der Waals surface area contributed by atoms with Crippen LogP contribution in [0, 0.1) is 0 Å². The monoisotopic (exact) mass is 445 g/mol. The van der Waals surface area contributed by atoms with E-state index in [1.165, 1.54) is 19.1 Å². The van der Waals surface area contributed by atoms with Crippen molar-refractivity contribution in [1.29, 1.82) is 0 Å². The van der Waals surface area contributed by atoms with Gasteiger partial charge in [-0.2, -0.15) is 5.10 Å². The number of nitrogens with one attached hydrogen (secondary N) is 1. The molecule has 0 spiro atoms. The number of aromatic nitrogens is 1. The van der Waals surface area contributed by atoms with Crippen molar-refractivity contribution in [3.05, 3.63) is 71.9 Å². The van der Waals surface area contributed by atoms with Crippen molar-refractivity contribution >= 4 is 12.1 Å². The van der Waals surface area contributed by atoms with Crippen LogP contribution in [0.1, 0.15) is 41.6 Å². The largest absolute Gasteiger partial charge is 0.497 e. The fraction of sp³-hybridized carbons (Fsp3) is 0.269. The number of methoxy groups -OCH3 is 2. The standard InChI is InChI=1S/C26H27N3O4/c1-31-23-13-18(14-24(16-23)32-2)17-28-29-26(30)20-11-12-27-25(15-20)19-7-9-22(10-8-19)33-21-5-3-4-6-21/h7-17,21H,3-6H2,1-2H3,(H,29,30)/b28-17+. The Hall–Kier alpha value is -3.87. The third kappa shape index (κ3) is 5.88. The predicted octanol–water partition coefficient (Wildman–Crippen LogP) is 4.85. The number of carbonyl (C=O) groups excluding carboxylic acids is 1. The van der Waals surface area contributed by atoms with Crippen molar-refractivity contribution in [2.45, 2.75) is 31.8 Å². The molecular weight excluding hydrogens is 418 g/mol. The minimum absolute atomic E-state index is 0.319. The highest BCUT2D eigenvalue weighted by Gasteiger charge is 2.16. The Bertz CT molecular complexity index is 1100. The van der Waals surface area contributed by atoms with Crippen molar-refractivity contribution in [2.24, 2.45) is 5.10 Å². The van der Waals surface area contributed by atoms with Gasteiger partial charge < -0.3 is 14.2 Å². The zero-order valence-electron chi connectivity index (χ0n) is 18.8. The van der Waals surface area contributed by atoms with Crippen LogP contribution in [0.4, 0.5) is 0 Å². The van der Waals surface area contributed by atoms with Crippen LogP contribution in [0.15, 0.2) is 65.9 Å². The van der Waals surface area contributed by atoms with E-state index in [0.717, 1.165) is 29.7 Å². The Morgan fingerprint density at radius 2 is 1.67 bits per heavy atom. The van der Waals surface area contributed by atoms with E-state index in [1.807, 2.05) is 24.3 Å². The van der Waals surface area contributed by atoms with E-state index >= 15 is 0 Å². The number of amides is 1. The SMILES string of the molecule is COc1cc(/C=N/NC(=O)c2ccnc(-c3ccc(OC4CCCC4)cc3)c2)cc(OC)c1. The first kappa shape index (κ1) is 22.3. The lowest BCUT2D eigenvalue weighted by Crippen LogP contribution is -2.17. The van der Waals surface area contributed by atoms with Crippen molar-refractivity contribution in [2.75, 3.05) is 14.2 Å². The molecule has 0 saturated heterocycles. The molecular formula is C26H27N3O4. The molecule has 0 aliphatic heterocycles. The number of rotatable bonds is 8. The highest BCUT2D eigenvalue weighted by atomic mass is 16.5. The number of benzene rings is 2. The molecule has 1 aliphatic rings. The van der Waals surface area contributed by atoms with Gasteiger partial charge in [-0.1, -0.05) is 0 Å². The van der Waals surface area contributed by atoms with Gasteiger partial charge in [0.15, 0.2) is 0 Å². The molecule has 1 fully saturated rings. The third-order valence-corrected chi connectivity index (χ3v) is 5.53. The molecule has 0 atom stereocenters. The summed E-state index contributed by atoms with van der Waals surface area (Å²) in [4.78, 5) is 17.0. The van der Waals surface area contributed by atoms with Crippen LogP contribution in [-0.2, 0) is 0 Å². The van der Waals surface area contributed by atoms with Crippen LogP contribution in [-0.4, -0.2) is 37.4 Å². The Morgan fingerprint density at radius 3 is 2.33 bits per heavy atom. The van der Waals surface area contributed by atoms with Crippen LogP contribution in [0.5, 0.6) is 17.2 Å². The van der Waals surface area contributed by atoms with Gasteiger partial charge in [-0.25, -0.2) is 5.43 Å². The Balaban J connectivity index is 1.41. The summed E-state index contributed by atoms with van der Waals surface area (Å²) in [5.74, 6) is 1.81. The minimum Gasteiger partial charge on any atom is -0.497 e. The molecule has 2 aromatic carbocycles. The summed E-state index contributed by atoms with van der Waals surface area (Å²) in [6, 6.07) is 16.6. The van der Waals surface area contributed by atoms with Gasteiger partial charge in [0.05, 0.1) is 32.2 Å². The summed E-state index contributed by atoms with van der Waals surface area (Å²) in [7, 11) is 3.16. The van der Waals surface area contributed by atoms with E-state index in [1.54, 1.807) is 50.7 Å². The molecule has 1 amide bonds. The normalized spacial score (nSPS) is 13.8. The van der Waals surface area contributed by atoms with Crippen molar-refractivity contribution in [3.63, 3.8) is 0 Å². The topological polar surface area (TPSA) is 82.0 Å². The lowest BCUT2D eigenvalue weighted by Gasteiger charge is -2.13. The fourth-order valence-electron chi connectivity index (χ4n) is 3.77. The molecule has 1 saturated carbocycles. The maximum Gasteiger partial charge on any atom is 0.271 e. The van der Waals surface area contributed by atoms with Gasteiger partial charge in [0.2, 0.25) is 0 Å². The maximum atomic E-state index is 12.6. The van der Waals surface area contributed by atoms with E-state index in [9.17, 15) is 4.79 Å². The van der Waals surface area contributed by atoms with Gasteiger partial charge >= 0.3 is 0 Å². The first-order valence-electron chi connectivity index (χ1n) is 10.9. The fourth-order valence-corrected chi connectivity index (χ4v) is 3.77. The summed E-state index contributed by atoms with van der Waals surface area (Å²) >= 11 is 0. The van der Waals surface area contributed by atoms with E-state index in [4.69, 9.17) is 14.2 Å². The summed E-state index contributed by atoms with van der Waals surface area (Å²) in [5, 5.41) is 4.06. The average molecular weight is 446 g/mol. The summed E-state index contributed by atoms with van der Waals surface area (Å²) in [5.41, 5.74) is 5.37. The lowest BCUT2D eigenvalue weighted by molar-refractivity contribution is 0.0955. The van der Waals surface area contributed by atoms with Crippen LogP contribution in [0.3, 0.4) is 0 Å². The number of pyridine rings is 1. The van der Waals surface area contributed by atoms with E-state index in [0.29, 0.717) is 28.9 Å². The summed E-state index contributed by atoms with van der Waals surface area (Å²) < 4.78 is 16.5. The number of hydrogen-bond acceptors (Lipinski definition) is 6. The quantitative estimate of drug-likeness (QED) is 0.396. The van der Waals surface area contributed by atoms with E-state index in [2.05, 4.69) is 15.5 Å². The number of carbonyl (C=O) groups is 1. The third-order valence-electron chi connectivity index (χ3n) is 5.53. The summed E-state index contributed by atoms with van der Waals surface area (Å²) in [6.07, 6.45) is 8.18. The molecule has 33 heavy (non-hydrogen) atoms. The lowest BCUT2D eigenvalue weighted by atomic mass is 10.1. The van der Waals surface area contributed by atoms with Crippen molar-refractivity contribution in [1.82, 2.24) is 10.4 Å². The minimum atomic E-state index is -0.328. The molecule has 1 aromatic heterocycles. The highest BCUT2D eigenvalue weighted by molar-refractivity contribution is 5.95. The second-order valence-corrected chi connectivity index (χ2v) is 7.82. The Morgan fingerprint density at radius 1 is 0.970 bits per heavy atom. The molecule has 3 aromatic rings. The zero-order valence-corrected chi connectivity index (χ0v) is 18.8.